The molecule has 146 valence electrons. The molecule has 0 aliphatic heterocycles. The first-order chi connectivity index (χ1) is 13.5. The van der Waals surface area contributed by atoms with E-state index in [1.54, 1.807) is 18.3 Å². The third kappa shape index (κ3) is 5.43. The second-order valence-electron chi connectivity index (χ2n) is 6.10. The van der Waals surface area contributed by atoms with Gasteiger partial charge in [-0.3, -0.25) is 4.79 Å². The molecule has 0 unspecified atom stereocenters. The number of hydrogen-bond acceptors (Lipinski definition) is 6. The van der Waals surface area contributed by atoms with Crippen LogP contribution in [-0.4, -0.2) is 22.5 Å². The van der Waals surface area contributed by atoms with Crippen molar-refractivity contribution >= 4 is 39.8 Å². The van der Waals surface area contributed by atoms with Crippen LogP contribution in [0.4, 0.5) is 10.9 Å². The van der Waals surface area contributed by atoms with E-state index in [2.05, 4.69) is 27.5 Å². The molecule has 28 heavy (non-hydrogen) atoms. The van der Waals surface area contributed by atoms with Crippen molar-refractivity contribution in [2.75, 3.05) is 11.9 Å². The van der Waals surface area contributed by atoms with Crippen molar-refractivity contribution in [2.24, 2.45) is 0 Å². The lowest BCUT2D eigenvalue weighted by atomic mass is 10.2. The number of amides is 1. The smallest absolute Gasteiger partial charge is 0.263 e. The summed E-state index contributed by atoms with van der Waals surface area (Å²) in [6.45, 7) is 5.01. The highest BCUT2D eigenvalue weighted by Gasteiger charge is 2.15. The van der Waals surface area contributed by atoms with E-state index in [0.29, 0.717) is 39.7 Å². The summed E-state index contributed by atoms with van der Waals surface area (Å²) in [7, 11) is 0. The lowest BCUT2D eigenvalue weighted by molar-refractivity contribution is 0.0954. The van der Waals surface area contributed by atoms with Gasteiger partial charge in [0.25, 0.3) is 5.91 Å². The van der Waals surface area contributed by atoms with Crippen LogP contribution in [0.2, 0.25) is 5.02 Å². The molecule has 0 atom stereocenters. The Labute approximate surface area is 172 Å². The minimum absolute atomic E-state index is 0.154. The summed E-state index contributed by atoms with van der Waals surface area (Å²) in [5.74, 6) is 1.30. The predicted octanol–water partition coefficient (Wildman–Crippen LogP) is 4.96. The van der Waals surface area contributed by atoms with E-state index < -0.39 is 0 Å². The van der Waals surface area contributed by atoms with Crippen molar-refractivity contribution in [1.82, 2.24) is 15.3 Å². The largest absolute Gasteiger partial charge is 0.494 e. The number of halogens is 1. The zero-order valence-electron chi connectivity index (χ0n) is 15.7. The van der Waals surface area contributed by atoms with Crippen LogP contribution in [-0.2, 0) is 6.54 Å². The number of hydrogen-bond donors (Lipinski definition) is 2. The molecule has 0 fully saturated rings. The molecule has 2 aromatic heterocycles. The van der Waals surface area contributed by atoms with Gasteiger partial charge in [-0.25, -0.2) is 9.97 Å². The number of nitrogens with zero attached hydrogens (tertiary/aromatic N) is 2. The van der Waals surface area contributed by atoms with Crippen LogP contribution >= 0.6 is 22.9 Å². The normalized spacial score (nSPS) is 10.5. The number of rotatable bonds is 8. The first kappa shape index (κ1) is 20.1. The van der Waals surface area contributed by atoms with Gasteiger partial charge >= 0.3 is 0 Å². The maximum absolute atomic E-state index is 12.5. The van der Waals surface area contributed by atoms with Crippen LogP contribution in [0.3, 0.4) is 0 Å². The molecule has 0 aliphatic rings. The standard InChI is InChI=1S/C20H21ClN4O2S/c1-3-10-27-16-7-4-14(5-8-16)11-23-19(26)18-13(2)24-20(28-18)25-17-9-6-15(21)12-22-17/h4-9,12H,3,10-11H2,1-2H3,(H,23,26)(H,22,24,25). The van der Waals surface area contributed by atoms with Crippen molar-refractivity contribution in [3.05, 3.63) is 63.8 Å². The van der Waals surface area contributed by atoms with Crippen molar-refractivity contribution in [3.63, 3.8) is 0 Å². The van der Waals surface area contributed by atoms with Crippen molar-refractivity contribution in [3.8, 4) is 5.75 Å². The quantitative estimate of drug-likeness (QED) is 0.542. The second kappa shape index (κ2) is 9.52. The lowest BCUT2D eigenvalue weighted by Gasteiger charge is -2.07. The van der Waals surface area contributed by atoms with Gasteiger partial charge in [-0.2, -0.15) is 0 Å². The highest BCUT2D eigenvalue weighted by Crippen LogP contribution is 2.25. The summed E-state index contributed by atoms with van der Waals surface area (Å²) < 4.78 is 5.57. The Morgan fingerprint density at radius 1 is 1.21 bits per heavy atom. The summed E-state index contributed by atoms with van der Waals surface area (Å²) in [5.41, 5.74) is 1.67. The number of pyridine rings is 1. The fourth-order valence-electron chi connectivity index (χ4n) is 2.41. The fourth-order valence-corrected chi connectivity index (χ4v) is 3.41. The number of aromatic nitrogens is 2. The number of ether oxygens (including phenoxy) is 1. The summed E-state index contributed by atoms with van der Waals surface area (Å²) >= 11 is 7.12. The summed E-state index contributed by atoms with van der Waals surface area (Å²) in [6.07, 6.45) is 2.52. The number of carbonyl (C=O) groups excluding carboxylic acids is 1. The molecule has 1 aromatic carbocycles. The van der Waals surface area contributed by atoms with Crippen molar-refractivity contribution in [1.29, 1.82) is 0 Å². The monoisotopic (exact) mass is 416 g/mol. The molecule has 0 aliphatic carbocycles. The average molecular weight is 417 g/mol. The Kier molecular flexibility index (Phi) is 6.84. The Balaban J connectivity index is 1.58. The average Bonchev–Trinajstić information content (AvgIpc) is 3.07. The number of anilines is 2. The van der Waals surface area contributed by atoms with Crippen LogP contribution in [0.15, 0.2) is 42.6 Å². The molecule has 0 bridgehead atoms. The third-order valence-electron chi connectivity index (χ3n) is 3.81. The molecule has 3 aromatic rings. The molecule has 3 rings (SSSR count). The van der Waals surface area contributed by atoms with Gasteiger partial charge in [0.2, 0.25) is 0 Å². The topological polar surface area (TPSA) is 76.1 Å². The Morgan fingerprint density at radius 2 is 2.00 bits per heavy atom. The molecular formula is C20H21ClN4O2S. The van der Waals surface area contributed by atoms with Gasteiger partial charge in [0.15, 0.2) is 5.13 Å². The maximum atomic E-state index is 12.5. The molecule has 2 heterocycles. The van der Waals surface area contributed by atoms with E-state index in [4.69, 9.17) is 16.3 Å². The number of aryl methyl sites for hydroxylation is 1. The van der Waals surface area contributed by atoms with Crippen LogP contribution in [0.25, 0.3) is 0 Å². The first-order valence-corrected chi connectivity index (χ1v) is 10.1. The summed E-state index contributed by atoms with van der Waals surface area (Å²) in [5, 5.41) is 7.19. The molecule has 0 spiro atoms. The van der Waals surface area contributed by atoms with Gasteiger partial charge in [-0.15, -0.1) is 0 Å². The zero-order chi connectivity index (χ0) is 19.9. The Hall–Kier alpha value is -2.64. The van der Waals surface area contributed by atoms with E-state index in [9.17, 15) is 4.79 Å². The molecule has 0 saturated heterocycles. The van der Waals surface area contributed by atoms with Gasteiger partial charge < -0.3 is 15.4 Å². The van der Waals surface area contributed by atoms with Crippen LogP contribution < -0.4 is 15.4 Å². The van der Waals surface area contributed by atoms with Crippen LogP contribution in [0.1, 0.15) is 34.3 Å². The zero-order valence-corrected chi connectivity index (χ0v) is 17.2. The molecule has 1 amide bonds. The van der Waals surface area contributed by atoms with Gasteiger partial charge in [0.05, 0.1) is 17.3 Å². The van der Waals surface area contributed by atoms with Gasteiger partial charge in [0, 0.05) is 12.7 Å². The van der Waals surface area contributed by atoms with Gasteiger partial charge in [-0.1, -0.05) is 42.0 Å². The SMILES string of the molecule is CCCOc1ccc(CNC(=O)c2sc(Nc3ccc(Cl)cn3)nc2C)cc1. The van der Waals surface area contributed by atoms with Gasteiger partial charge in [-0.05, 0) is 43.2 Å². The predicted molar refractivity (Wildman–Crippen MR) is 113 cm³/mol. The molecule has 0 radical (unpaired) electrons. The molecule has 8 heteroatoms. The Bertz CT molecular complexity index is 926. The van der Waals surface area contributed by atoms with E-state index in [1.807, 2.05) is 31.2 Å². The summed E-state index contributed by atoms with van der Waals surface area (Å²) in [6, 6.07) is 11.2. The van der Waals surface area contributed by atoms with E-state index >= 15 is 0 Å². The highest BCUT2D eigenvalue weighted by molar-refractivity contribution is 7.17. The molecule has 6 nitrogen and oxygen atoms in total. The summed E-state index contributed by atoms with van der Waals surface area (Å²) in [4.78, 5) is 21.7. The number of benzene rings is 1. The highest BCUT2D eigenvalue weighted by atomic mass is 35.5. The van der Waals surface area contributed by atoms with Crippen molar-refractivity contribution < 1.29 is 9.53 Å². The number of thiazole rings is 1. The van der Waals surface area contributed by atoms with Gasteiger partial charge in [0.1, 0.15) is 16.4 Å². The van der Waals surface area contributed by atoms with Crippen LogP contribution in [0, 0.1) is 6.92 Å². The fraction of sp³-hybridized carbons (Fsp3) is 0.250. The lowest BCUT2D eigenvalue weighted by Crippen LogP contribution is -2.22. The Morgan fingerprint density at radius 3 is 2.68 bits per heavy atom. The molecular weight excluding hydrogens is 396 g/mol. The second-order valence-corrected chi connectivity index (χ2v) is 7.53. The van der Waals surface area contributed by atoms with E-state index in [1.165, 1.54) is 11.3 Å². The molecule has 2 N–H and O–H groups in total. The minimum atomic E-state index is -0.154. The third-order valence-corrected chi connectivity index (χ3v) is 5.11. The minimum Gasteiger partial charge on any atom is -0.494 e. The van der Waals surface area contributed by atoms with E-state index in [0.717, 1.165) is 17.7 Å². The van der Waals surface area contributed by atoms with Crippen LogP contribution in [0.5, 0.6) is 5.75 Å². The van der Waals surface area contributed by atoms with E-state index in [-0.39, 0.29) is 5.91 Å². The maximum Gasteiger partial charge on any atom is 0.263 e. The molecule has 0 saturated carbocycles. The number of nitrogens with one attached hydrogen (secondary N) is 2. The number of carbonyl (C=O) groups is 1. The van der Waals surface area contributed by atoms with Crippen molar-refractivity contribution in [2.45, 2.75) is 26.8 Å². The first-order valence-electron chi connectivity index (χ1n) is 8.91.